The number of nitrogens with two attached hydrogens (primary N) is 3. The van der Waals surface area contributed by atoms with Crippen molar-refractivity contribution in [1.29, 1.82) is 0 Å². The lowest BCUT2D eigenvalue weighted by atomic mass is 9.97. The average Bonchev–Trinajstić information content (AvgIpc) is 2.83. The minimum Gasteiger partial charge on any atom is -0.343 e. The monoisotopic (exact) mass is 439 g/mol. The third kappa shape index (κ3) is 8.42. The van der Waals surface area contributed by atoms with Crippen LogP contribution in [-0.2, 0) is 9.59 Å². The third-order valence-corrected chi connectivity index (χ3v) is 5.44. The SMILES string of the molecule is NCCCC[C@H](NC(=O)[C@@H](N)CCCCN)C(=O)NC(c1ccccc1)c1ccccc1. The molecule has 0 saturated carbocycles. The van der Waals surface area contributed by atoms with Crippen molar-refractivity contribution < 1.29 is 9.59 Å². The lowest BCUT2D eigenvalue weighted by molar-refractivity contribution is -0.130. The zero-order valence-corrected chi connectivity index (χ0v) is 18.7. The number of hydrogen-bond acceptors (Lipinski definition) is 5. The first-order chi connectivity index (χ1) is 15.6. The molecule has 2 aromatic rings. The Bertz CT molecular complexity index is 761. The average molecular weight is 440 g/mol. The van der Waals surface area contributed by atoms with Gasteiger partial charge in [0, 0.05) is 0 Å². The van der Waals surface area contributed by atoms with E-state index in [-0.39, 0.29) is 17.9 Å². The molecule has 0 aliphatic rings. The second-order valence-electron chi connectivity index (χ2n) is 8.00. The molecule has 0 spiro atoms. The van der Waals surface area contributed by atoms with E-state index in [0.29, 0.717) is 25.9 Å². The molecule has 0 aromatic heterocycles. The Morgan fingerprint density at radius 1 is 0.688 bits per heavy atom. The van der Waals surface area contributed by atoms with E-state index in [0.717, 1.165) is 36.8 Å². The molecule has 2 atom stereocenters. The van der Waals surface area contributed by atoms with Crippen LogP contribution in [0.5, 0.6) is 0 Å². The molecule has 8 N–H and O–H groups in total. The molecule has 32 heavy (non-hydrogen) atoms. The fourth-order valence-electron chi connectivity index (χ4n) is 3.57. The van der Waals surface area contributed by atoms with Crippen LogP contribution in [0.3, 0.4) is 0 Å². The number of unbranched alkanes of at least 4 members (excludes halogenated alkanes) is 2. The lowest BCUT2D eigenvalue weighted by Gasteiger charge is -2.25. The van der Waals surface area contributed by atoms with E-state index in [4.69, 9.17) is 17.2 Å². The highest BCUT2D eigenvalue weighted by Crippen LogP contribution is 2.22. The van der Waals surface area contributed by atoms with Gasteiger partial charge in [0.1, 0.15) is 6.04 Å². The highest BCUT2D eigenvalue weighted by molar-refractivity contribution is 5.90. The van der Waals surface area contributed by atoms with Crippen molar-refractivity contribution in [2.24, 2.45) is 17.2 Å². The first kappa shape index (κ1) is 25.5. The largest absolute Gasteiger partial charge is 0.343 e. The van der Waals surface area contributed by atoms with Gasteiger partial charge >= 0.3 is 0 Å². The Morgan fingerprint density at radius 2 is 1.19 bits per heavy atom. The Balaban J connectivity index is 2.14. The Hall–Kier alpha value is -2.74. The number of rotatable bonds is 14. The van der Waals surface area contributed by atoms with E-state index in [9.17, 15) is 9.59 Å². The minimum absolute atomic E-state index is 0.234. The zero-order valence-electron chi connectivity index (χ0n) is 18.7. The zero-order chi connectivity index (χ0) is 23.2. The summed E-state index contributed by atoms with van der Waals surface area (Å²) >= 11 is 0. The number of carbonyl (C=O) groups excluding carboxylic acids is 2. The smallest absolute Gasteiger partial charge is 0.243 e. The highest BCUT2D eigenvalue weighted by Gasteiger charge is 2.26. The van der Waals surface area contributed by atoms with Crippen molar-refractivity contribution in [2.75, 3.05) is 13.1 Å². The molecular weight excluding hydrogens is 402 g/mol. The molecule has 7 nitrogen and oxygen atoms in total. The van der Waals surface area contributed by atoms with Gasteiger partial charge in [-0.05, 0) is 56.3 Å². The van der Waals surface area contributed by atoms with Crippen LogP contribution >= 0.6 is 0 Å². The summed E-state index contributed by atoms with van der Waals surface area (Å²) < 4.78 is 0. The number of amides is 2. The summed E-state index contributed by atoms with van der Waals surface area (Å²) in [5.41, 5.74) is 19.1. The van der Waals surface area contributed by atoms with Gasteiger partial charge in [0.05, 0.1) is 12.1 Å². The van der Waals surface area contributed by atoms with Crippen molar-refractivity contribution in [3.05, 3.63) is 71.8 Å². The summed E-state index contributed by atoms with van der Waals surface area (Å²) in [6.45, 7) is 1.11. The molecule has 0 bridgehead atoms. The van der Waals surface area contributed by atoms with Gasteiger partial charge in [-0.25, -0.2) is 0 Å². The molecule has 0 radical (unpaired) electrons. The van der Waals surface area contributed by atoms with E-state index >= 15 is 0 Å². The normalized spacial score (nSPS) is 12.9. The number of carbonyl (C=O) groups is 2. The first-order valence-electron chi connectivity index (χ1n) is 11.4. The van der Waals surface area contributed by atoms with E-state index in [1.807, 2.05) is 60.7 Å². The standard InChI is InChI=1S/C25H37N5O2/c26-17-9-7-15-21(28)24(31)29-22(16-8-10-18-27)25(32)30-23(19-11-3-1-4-12-19)20-13-5-2-6-14-20/h1-6,11-14,21-23H,7-10,15-18,26-28H2,(H,29,31)(H,30,32)/t21-,22-/m0/s1. The van der Waals surface area contributed by atoms with Gasteiger partial charge in [0.25, 0.3) is 0 Å². The third-order valence-electron chi connectivity index (χ3n) is 5.44. The summed E-state index contributed by atoms with van der Waals surface area (Å²) in [5.74, 6) is -0.548. The molecule has 174 valence electrons. The maximum Gasteiger partial charge on any atom is 0.243 e. The molecule has 0 unspecified atom stereocenters. The predicted molar refractivity (Wildman–Crippen MR) is 129 cm³/mol. The Labute approximate surface area is 191 Å². The van der Waals surface area contributed by atoms with Crippen LogP contribution in [-0.4, -0.2) is 37.0 Å². The van der Waals surface area contributed by atoms with Crippen LogP contribution in [0.15, 0.2) is 60.7 Å². The van der Waals surface area contributed by atoms with Crippen LogP contribution < -0.4 is 27.8 Å². The minimum atomic E-state index is -0.676. The van der Waals surface area contributed by atoms with Gasteiger partial charge in [-0.3, -0.25) is 9.59 Å². The van der Waals surface area contributed by atoms with Gasteiger partial charge in [0.15, 0.2) is 0 Å². The summed E-state index contributed by atoms with van der Waals surface area (Å²) in [6, 6.07) is 17.9. The molecule has 0 aliphatic heterocycles. The molecule has 7 heteroatoms. The first-order valence-corrected chi connectivity index (χ1v) is 11.4. The predicted octanol–water partition coefficient (Wildman–Crippen LogP) is 1.96. The second-order valence-corrected chi connectivity index (χ2v) is 8.00. The van der Waals surface area contributed by atoms with Crippen molar-refractivity contribution in [2.45, 2.75) is 56.7 Å². The topological polar surface area (TPSA) is 136 Å². The van der Waals surface area contributed by atoms with Crippen molar-refractivity contribution in [3.8, 4) is 0 Å². The number of hydrogen-bond donors (Lipinski definition) is 5. The summed E-state index contributed by atoms with van der Waals surface area (Å²) in [7, 11) is 0. The fourth-order valence-corrected chi connectivity index (χ4v) is 3.57. The summed E-state index contributed by atoms with van der Waals surface area (Å²) in [4.78, 5) is 25.9. The van der Waals surface area contributed by atoms with Gasteiger partial charge < -0.3 is 27.8 Å². The molecule has 0 aliphatic carbocycles. The highest BCUT2D eigenvalue weighted by atomic mass is 16.2. The van der Waals surface area contributed by atoms with E-state index in [2.05, 4.69) is 10.6 Å². The molecule has 0 heterocycles. The molecular formula is C25H37N5O2. The molecule has 0 saturated heterocycles. The van der Waals surface area contributed by atoms with E-state index < -0.39 is 12.1 Å². The maximum absolute atomic E-state index is 13.3. The van der Waals surface area contributed by atoms with Crippen LogP contribution in [0.1, 0.15) is 55.7 Å². The fraction of sp³-hybridized carbons (Fsp3) is 0.440. The Kier molecular flexibility index (Phi) is 11.4. The van der Waals surface area contributed by atoms with Crippen molar-refractivity contribution in [3.63, 3.8) is 0 Å². The van der Waals surface area contributed by atoms with Gasteiger partial charge in [-0.15, -0.1) is 0 Å². The number of nitrogens with one attached hydrogen (secondary N) is 2. The summed E-state index contributed by atoms with van der Waals surface area (Å²) in [5, 5.41) is 5.99. The van der Waals surface area contributed by atoms with Crippen LogP contribution in [0.25, 0.3) is 0 Å². The molecule has 2 rings (SSSR count). The van der Waals surface area contributed by atoms with Gasteiger partial charge in [0.2, 0.25) is 11.8 Å². The van der Waals surface area contributed by atoms with Crippen LogP contribution in [0, 0.1) is 0 Å². The van der Waals surface area contributed by atoms with Crippen LogP contribution in [0.4, 0.5) is 0 Å². The van der Waals surface area contributed by atoms with Crippen molar-refractivity contribution >= 4 is 11.8 Å². The molecule has 0 fully saturated rings. The maximum atomic E-state index is 13.3. The van der Waals surface area contributed by atoms with Gasteiger partial charge in [-0.2, -0.15) is 0 Å². The van der Waals surface area contributed by atoms with Gasteiger partial charge in [-0.1, -0.05) is 67.1 Å². The summed E-state index contributed by atoms with van der Waals surface area (Å²) in [6.07, 6.45) is 4.15. The van der Waals surface area contributed by atoms with E-state index in [1.54, 1.807) is 0 Å². The number of benzene rings is 2. The Morgan fingerprint density at radius 3 is 1.69 bits per heavy atom. The quantitative estimate of drug-likeness (QED) is 0.287. The molecule has 2 aromatic carbocycles. The second kappa shape index (κ2) is 14.3. The van der Waals surface area contributed by atoms with E-state index in [1.165, 1.54) is 0 Å². The van der Waals surface area contributed by atoms with Crippen LogP contribution in [0.2, 0.25) is 0 Å². The molecule has 2 amide bonds. The van der Waals surface area contributed by atoms with Crippen molar-refractivity contribution in [1.82, 2.24) is 10.6 Å². The lowest BCUT2D eigenvalue weighted by Crippen LogP contribution is -2.52.